The lowest BCUT2D eigenvalue weighted by Gasteiger charge is -2.28. The summed E-state index contributed by atoms with van der Waals surface area (Å²) in [4.78, 5) is 70.0. The summed E-state index contributed by atoms with van der Waals surface area (Å²) in [5.74, 6) is -6.78. The zero-order valence-electron chi connectivity index (χ0n) is 28.8. The second-order valence-corrected chi connectivity index (χ2v) is 14.5. The summed E-state index contributed by atoms with van der Waals surface area (Å²) < 4.78 is 37.1. The molecule has 3 rings (SSSR count). The Labute approximate surface area is 299 Å². The smallest absolute Gasteiger partial charge is 0.399 e. The second kappa shape index (κ2) is 20.1. The number of unbranched alkanes of at least 4 members (excludes halogenated alkanes) is 1. The quantitative estimate of drug-likeness (QED) is 0.119. The van der Waals surface area contributed by atoms with Crippen molar-refractivity contribution >= 4 is 50.9 Å². The van der Waals surface area contributed by atoms with Crippen LogP contribution in [0.3, 0.4) is 0 Å². The molecule has 1 fully saturated rings. The van der Waals surface area contributed by atoms with Crippen molar-refractivity contribution in [3.8, 4) is 0 Å². The fourth-order valence-corrected chi connectivity index (χ4v) is 7.23. The lowest BCUT2D eigenvalue weighted by Crippen LogP contribution is -2.51. The number of nitrogens with one attached hydrogen (secondary N) is 4. The van der Waals surface area contributed by atoms with Gasteiger partial charge in [-0.2, -0.15) is 8.78 Å². The summed E-state index contributed by atoms with van der Waals surface area (Å²) in [7, 11) is -1.88. The summed E-state index contributed by atoms with van der Waals surface area (Å²) in [6.45, 7) is 8.64. The summed E-state index contributed by atoms with van der Waals surface area (Å²) in [6, 6.07) is 11.5. The molecular weight excluding hydrogens is 688 g/mol. The van der Waals surface area contributed by atoms with Gasteiger partial charge in [0.05, 0.1) is 6.04 Å². The summed E-state index contributed by atoms with van der Waals surface area (Å²) in [5, 5.41) is 8.11. The van der Waals surface area contributed by atoms with E-state index in [1.54, 1.807) is 18.2 Å². The van der Waals surface area contributed by atoms with Gasteiger partial charge in [0.2, 0.25) is 17.6 Å². The molecule has 1 aliphatic heterocycles. The van der Waals surface area contributed by atoms with E-state index < -0.39 is 68.5 Å². The number of likely N-dealkylation sites (N-methyl/N-ethyl adjacent to an activating group) is 1. The van der Waals surface area contributed by atoms with E-state index in [1.807, 2.05) is 20.8 Å². The van der Waals surface area contributed by atoms with Gasteiger partial charge in [0.1, 0.15) is 9.68 Å². The van der Waals surface area contributed by atoms with Crippen LogP contribution in [0.4, 0.5) is 13.6 Å². The molecule has 4 atom stereocenters. The summed E-state index contributed by atoms with van der Waals surface area (Å²) in [6.07, 6.45) is -1.05. The summed E-state index contributed by atoms with van der Waals surface area (Å²) >= 11 is 5.98. The van der Waals surface area contributed by atoms with Crippen LogP contribution in [-0.2, 0) is 29.8 Å². The van der Waals surface area contributed by atoms with Crippen LogP contribution in [0.15, 0.2) is 54.6 Å². The fourth-order valence-electron chi connectivity index (χ4n) is 5.75. The van der Waals surface area contributed by atoms with Crippen molar-refractivity contribution in [1.29, 1.82) is 0 Å². The van der Waals surface area contributed by atoms with E-state index in [9.17, 15) is 24.0 Å². The number of carbonyl (C=O) groups is 5. The molecule has 0 bridgehead atoms. The number of ketones is 1. The first-order valence-electron chi connectivity index (χ1n) is 17.2. The molecule has 15 heteroatoms. The van der Waals surface area contributed by atoms with Crippen LogP contribution in [0, 0.1) is 5.92 Å². The zero-order chi connectivity index (χ0) is 36.7. The van der Waals surface area contributed by atoms with E-state index in [0.717, 1.165) is 25.6 Å². The fraction of sp³-hybridized carbons (Fsp3) is 0.514. The Bertz CT molecular complexity index is 1450. The highest BCUT2D eigenvalue weighted by molar-refractivity contribution is 6.45. The van der Waals surface area contributed by atoms with Gasteiger partial charge in [-0.25, -0.2) is 4.79 Å². The largest absolute Gasteiger partial charge is 0.435 e. The average molecular weight is 736 g/mol. The molecule has 11 nitrogen and oxygen atoms in total. The van der Waals surface area contributed by atoms with Gasteiger partial charge in [-0.05, 0) is 50.0 Å². The standard InChI is InChI=1S/C35H48ClF2N5O6Si/c1-4-7-16-28(32(46)41-27(21-24-17-18-39-31(24)45)29(44)33(47)40-19-20-43(5-2)6-3)50-42-34(48)49-30(23-12-9-8-10-13-23)35(37,38)25-14-11-15-26(36)22-25/h8-15,22,24,27-28,30H,4-7,16-21,50H2,1-3H3,(H,39,45)(H,40,47)(H,41,46)(H,42,48)/t24-,27-,28-,30?/m0/s1. The van der Waals surface area contributed by atoms with Gasteiger partial charge >= 0.3 is 12.0 Å². The number of amides is 4. The topological polar surface area (TPSA) is 146 Å². The molecule has 0 aromatic heterocycles. The second-order valence-electron chi connectivity index (χ2n) is 12.3. The van der Waals surface area contributed by atoms with Crippen LogP contribution in [0.2, 0.25) is 10.6 Å². The minimum absolute atomic E-state index is 0.0576. The van der Waals surface area contributed by atoms with Crippen molar-refractivity contribution in [3.63, 3.8) is 0 Å². The van der Waals surface area contributed by atoms with Crippen molar-refractivity contribution in [1.82, 2.24) is 25.8 Å². The highest BCUT2D eigenvalue weighted by atomic mass is 35.5. The van der Waals surface area contributed by atoms with Crippen LogP contribution in [0.25, 0.3) is 0 Å². The van der Waals surface area contributed by atoms with E-state index in [1.165, 1.54) is 30.3 Å². The van der Waals surface area contributed by atoms with E-state index >= 15 is 8.78 Å². The molecular formula is C35H48ClF2N5O6Si. The van der Waals surface area contributed by atoms with Crippen LogP contribution in [-0.4, -0.2) is 82.9 Å². The third-order valence-corrected chi connectivity index (χ3v) is 10.8. The van der Waals surface area contributed by atoms with E-state index in [-0.39, 0.29) is 29.5 Å². The lowest BCUT2D eigenvalue weighted by atomic mass is 9.95. The number of benzene rings is 2. The highest BCUT2D eigenvalue weighted by Crippen LogP contribution is 2.43. The highest BCUT2D eigenvalue weighted by Gasteiger charge is 2.45. The Balaban J connectivity index is 1.74. The first kappa shape index (κ1) is 40.5. The Kier molecular flexibility index (Phi) is 16.3. The van der Waals surface area contributed by atoms with E-state index in [2.05, 4.69) is 25.8 Å². The molecule has 50 heavy (non-hydrogen) atoms. The maximum atomic E-state index is 15.9. The molecule has 0 radical (unpaired) electrons. The summed E-state index contributed by atoms with van der Waals surface area (Å²) in [5.41, 5.74) is -1.14. The number of nitrogens with zero attached hydrogens (tertiary/aromatic N) is 1. The minimum atomic E-state index is -3.66. The number of rotatable bonds is 20. The predicted octanol–water partition coefficient (Wildman–Crippen LogP) is 4.00. The number of hydrogen-bond acceptors (Lipinski definition) is 7. The third-order valence-electron chi connectivity index (χ3n) is 8.78. The van der Waals surface area contributed by atoms with Gasteiger partial charge in [0.25, 0.3) is 5.91 Å². The van der Waals surface area contributed by atoms with Crippen molar-refractivity contribution in [2.24, 2.45) is 5.92 Å². The van der Waals surface area contributed by atoms with Crippen LogP contribution >= 0.6 is 11.6 Å². The lowest BCUT2D eigenvalue weighted by molar-refractivity contribution is -0.140. The van der Waals surface area contributed by atoms with Gasteiger partial charge in [-0.15, -0.1) is 0 Å². The molecule has 0 aliphatic carbocycles. The predicted molar refractivity (Wildman–Crippen MR) is 189 cm³/mol. The van der Waals surface area contributed by atoms with E-state index in [0.29, 0.717) is 32.4 Å². The Morgan fingerprint density at radius 1 is 1.08 bits per heavy atom. The Morgan fingerprint density at radius 3 is 2.42 bits per heavy atom. The molecule has 2 aromatic carbocycles. The van der Waals surface area contributed by atoms with Gasteiger partial charge in [0.15, 0.2) is 6.10 Å². The van der Waals surface area contributed by atoms with Crippen molar-refractivity contribution < 1.29 is 37.5 Å². The molecule has 2 aromatic rings. The van der Waals surface area contributed by atoms with Gasteiger partial charge in [0, 0.05) is 41.7 Å². The first-order chi connectivity index (χ1) is 23.9. The minimum Gasteiger partial charge on any atom is -0.435 e. The third kappa shape index (κ3) is 11.9. The van der Waals surface area contributed by atoms with Crippen LogP contribution < -0.4 is 20.9 Å². The monoisotopic (exact) mass is 735 g/mol. The Hall–Kier alpha value is -3.88. The van der Waals surface area contributed by atoms with Crippen LogP contribution in [0.5, 0.6) is 0 Å². The molecule has 1 unspecified atom stereocenters. The molecule has 1 heterocycles. The molecule has 4 N–H and O–H groups in total. The number of hydrogen-bond donors (Lipinski definition) is 4. The van der Waals surface area contributed by atoms with E-state index in [4.69, 9.17) is 16.3 Å². The number of ether oxygens (including phenoxy) is 1. The van der Waals surface area contributed by atoms with Crippen molar-refractivity contribution in [2.45, 2.75) is 76.5 Å². The van der Waals surface area contributed by atoms with Gasteiger partial charge < -0.3 is 30.6 Å². The maximum Gasteiger partial charge on any atom is 0.399 e. The average Bonchev–Trinajstić information content (AvgIpc) is 3.52. The molecule has 0 spiro atoms. The maximum absolute atomic E-state index is 15.9. The SMILES string of the molecule is CCCC[C@H]([SiH2]NC(=O)OC(c1ccccc1)C(F)(F)c1cccc(Cl)c1)C(=O)N[C@@H](C[C@@H]1CCNC1=O)C(=O)C(=O)NCCN(CC)CC. The number of halogens is 3. The van der Waals surface area contributed by atoms with Crippen LogP contribution in [0.1, 0.15) is 70.1 Å². The van der Waals surface area contributed by atoms with Gasteiger partial charge in [-0.1, -0.05) is 87.7 Å². The molecule has 4 amide bonds. The molecule has 274 valence electrons. The number of alkyl halides is 2. The molecule has 0 saturated carbocycles. The van der Waals surface area contributed by atoms with Crippen molar-refractivity contribution in [2.75, 3.05) is 32.7 Å². The number of carbonyl (C=O) groups excluding carboxylic acids is 5. The van der Waals surface area contributed by atoms with Gasteiger partial charge in [-0.3, -0.25) is 19.2 Å². The normalized spacial score (nSPS) is 16.5. The molecule has 1 saturated heterocycles. The first-order valence-corrected chi connectivity index (χ1v) is 19.1. The molecule has 1 aliphatic rings. The number of Topliss-reactive ketones (excluding diaryl/α,β-unsaturated/α-hetero) is 1. The Morgan fingerprint density at radius 2 is 1.80 bits per heavy atom. The zero-order valence-corrected chi connectivity index (χ0v) is 31.0. The van der Waals surface area contributed by atoms with Crippen molar-refractivity contribution in [3.05, 3.63) is 70.7 Å².